The van der Waals surface area contributed by atoms with Crippen LogP contribution in [-0.2, 0) is 0 Å². The Balaban J connectivity index is 2.90. The monoisotopic (exact) mass is 209 g/mol. The molecule has 0 atom stereocenters. The van der Waals surface area contributed by atoms with Gasteiger partial charge in [0.05, 0.1) is 12.2 Å². The molecular weight excluding hydrogens is 194 g/mol. The summed E-state index contributed by atoms with van der Waals surface area (Å²) in [4.78, 5) is 13.2. The largest absolute Gasteiger partial charge is 0.490 e. The van der Waals surface area contributed by atoms with Gasteiger partial charge in [-0.05, 0) is 12.1 Å². The predicted octanol–water partition coefficient (Wildman–Crippen LogP) is 0.760. The van der Waals surface area contributed by atoms with Crippen LogP contribution in [0.15, 0.2) is 24.3 Å². The molecule has 0 unspecified atom stereocenters. The summed E-state index contributed by atoms with van der Waals surface area (Å²) in [6.07, 6.45) is 0. The Morgan fingerprint density at radius 1 is 1.40 bits per heavy atom. The van der Waals surface area contributed by atoms with E-state index in [1.807, 2.05) is 0 Å². The summed E-state index contributed by atoms with van der Waals surface area (Å²) in [5.41, 5.74) is 0.510. The molecule has 4 heteroatoms. The first-order valence-electron chi connectivity index (χ1n) is 4.71. The standard InChI is InChI=1S/C11H15NO3/c1-12(2)11(14)9-5-3-4-6-10(9)15-8-7-13/h3-6,13H,7-8H2,1-2H3. The van der Waals surface area contributed by atoms with Crippen molar-refractivity contribution < 1.29 is 14.6 Å². The Morgan fingerprint density at radius 2 is 2.07 bits per heavy atom. The highest BCUT2D eigenvalue weighted by Crippen LogP contribution is 2.18. The van der Waals surface area contributed by atoms with Crippen LogP contribution in [0.4, 0.5) is 0 Å². The van der Waals surface area contributed by atoms with Gasteiger partial charge in [-0.1, -0.05) is 12.1 Å². The van der Waals surface area contributed by atoms with Crippen LogP contribution in [0.3, 0.4) is 0 Å². The molecule has 0 saturated heterocycles. The van der Waals surface area contributed by atoms with Crippen LogP contribution in [0.25, 0.3) is 0 Å². The number of hydrogen-bond acceptors (Lipinski definition) is 3. The van der Waals surface area contributed by atoms with Crippen molar-refractivity contribution in [2.45, 2.75) is 0 Å². The number of carbonyl (C=O) groups excluding carboxylic acids is 1. The van der Waals surface area contributed by atoms with E-state index in [2.05, 4.69) is 0 Å². The first-order valence-corrected chi connectivity index (χ1v) is 4.71. The smallest absolute Gasteiger partial charge is 0.257 e. The second-order valence-corrected chi connectivity index (χ2v) is 3.27. The van der Waals surface area contributed by atoms with E-state index in [9.17, 15) is 4.79 Å². The van der Waals surface area contributed by atoms with Crippen molar-refractivity contribution in [3.8, 4) is 5.75 Å². The third-order valence-electron chi connectivity index (χ3n) is 1.87. The molecular formula is C11H15NO3. The normalized spacial score (nSPS) is 9.80. The van der Waals surface area contributed by atoms with E-state index in [-0.39, 0.29) is 19.1 Å². The van der Waals surface area contributed by atoms with Crippen LogP contribution in [0.1, 0.15) is 10.4 Å². The highest BCUT2D eigenvalue weighted by atomic mass is 16.5. The lowest BCUT2D eigenvalue weighted by molar-refractivity contribution is 0.0821. The molecule has 1 rings (SSSR count). The van der Waals surface area contributed by atoms with Crippen molar-refractivity contribution in [3.05, 3.63) is 29.8 Å². The van der Waals surface area contributed by atoms with E-state index >= 15 is 0 Å². The minimum absolute atomic E-state index is 0.0650. The molecule has 0 fully saturated rings. The summed E-state index contributed by atoms with van der Waals surface area (Å²) >= 11 is 0. The summed E-state index contributed by atoms with van der Waals surface area (Å²) in [6.45, 7) is 0.127. The Kier molecular flexibility index (Phi) is 4.12. The zero-order chi connectivity index (χ0) is 11.3. The summed E-state index contributed by atoms with van der Waals surface area (Å²) in [7, 11) is 3.37. The molecule has 0 bridgehead atoms. The van der Waals surface area contributed by atoms with Crippen molar-refractivity contribution in [1.29, 1.82) is 0 Å². The predicted molar refractivity (Wildman–Crippen MR) is 57.0 cm³/mol. The number of amides is 1. The fourth-order valence-corrected chi connectivity index (χ4v) is 1.17. The van der Waals surface area contributed by atoms with E-state index in [0.29, 0.717) is 11.3 Å². The maximum Gasteiger partial charge on any atom is 0.257 e. The maximum absolute atomic E-state index is 11.7. The van der Waals surface area contributed by atoms with Crippen LogP contribution in [0, 0.1) is 0 Å². The molecule has 0 saturated carbocycles. The van der Waals surface area contributed by atoms with Gasteiger partial charge in [-0.2, -0.15) is 0 Å². The minimum atomic E-state index is -0.108. The first-order chi connectivity index (χ1) is 7.16. The molecule has 0 aromatic heterocycles. The maximum atomic E-state index is 11.7. The van der Waals surface area contributed by atoms with Gasteiger partial charge in [0.2, 0.25) is 0 Å². The van der Waals surface area contributed by atoms with E-state index in [4.69, 9.17) is 9.84 Å². The Labute approximate surface area is 89.1 Å². The lowest BCUT2D eigenvalue weighted by Crippen LogP contribution is -2.22. The second kappa shape index (κ2) is 5.36. The zero-order valence-corrected chi connectivity index (χ0v) is 8.93. The SMILES string of the molecule is CN(C)C(=O)c1ccccc1OCCO. The Morgan fingerprint density at radius 3 is 2.67 bits per heavy atom. The number of benzene rings is 1. The van der Waals surface area contributed by atoms with E-state index in [1.54, 1.807) is 38.4 Å². The van der Waals surface area contributed by atoms with Crippen molar-refractivity contribution in [2.24, 2.45) is 0 Å². The van der Waals surface area contributed by atoms with Gasteiger partial charge in [0.15, 0.2) is 0 Å². The van der Waals surface area contributed by atoms with E-state index in [1.165, 1.54) is 4.90 Å². The summed E-state index contributed by atoms with van der Waals surface area (Å²) < 4.78 is 5.26. The number of rotatable bonds is 4. The van der Waals surface area contributed by atoms with Crippen LogP contribution in [0.2, 0.25) is 0 Å². The molecule has 0 heterocycles. The van der Waals surface area contributed by atoms with Crippen LogP contribution in [-0.4, -0.2) is 43.2 Å². The fourth-order valence-electron chi connectivity index (χ4n) is 1.17. The first kappa shape index (κ1) is 11.5. The van der Waals surface area contributed by atoms with Crippen molar-refractivity contribution in [2.75, 3.05) is 27.3 Å². The quantitative estimate of drug-likeness (QED) is 0.796. The summed E-state index contributed by atoms with van der Waals surface area (Å²) in [5, 5.41) is 8.65. The zero-order valence-electron chi connectivity index (χ0n) is 8.93. The minimum Gasteiger partial charge on any atom is -0.490 e. The van der Waals surface area contributed by atoms with Gasteiger partial charge in [-0.25, -0.2) is 0 Å². The average molecular weight is 209 g/mol. The molecule has 4 nitrogen and oxygen atoms in total. The lowest BCUT2D eigenvalue weighted by atomic mass is 10.2. The van der Waals surface area contributed by atoms with Crippen molar-refractivity contribution in [3.63, 3.8) is 0 Å². The van der Waals surface area contributed by atoms with Gasteiger partial charge in [-0.3, -0.25) is 4.79 Å². The highest BCUT2D eigenvalue weighted by Gasteiger charge is 2.13. The van der Waals surface area contributed by atoms with Crippen molar-refractivity contribution >= 4 is 5.91 Å². The summed E-state index contributed by atoms with van der Waals surface area (Å²) in [6, 6.07) is 6.99. The Bertz CT molecular complexity index is 336. The van der Waals surface area contributed by atoms with Gasteiger partial charge in [-0.15, -0.1) is 0 Å². The average Bonchev–Trinajstić information content (AvgIpc) is 2.25. The number of nitrogens with zero attached hydrogens (tertiary/aromatic N) is 1. The molecule has 0 spiro atoms. The molecule has 15 heavy (non-hydrogen) atoms. The molecule has 0 aliphatic carbocycles. The fraction of sp³-hybridized carbons (Fsp3) is 0.364. The third-order valence-corrected chi connectivity index (χ3v) is 1.87. The second-order valence-electron chi connectivity index (χ2n) is 3.27. The van der Waals surface area contributed by atoms with Gasteiger partial charge >= 0.3 is 0 Å². The molecule has 0 aliphatic heterocycles. The van der Waals surface area contributed by atoms with Gasteiger partial charge in [0.1, 0.15) is 12.4 Å². The number of carbonyl (C=O) groups is 1. The molecule has 1 aromatic carbocycles. The van der Waals surface area contributed by atoms with E-state index < -0.39 is 0 Å². The number of hydrogen-bond donors (Lipinski definition) is 1. The van der Waals surface area contributed by atoms with E-state index in [0.717, 1.165) is 0 Å². The molecule has 1 aromatic rings. The van der Waals surface area contributed by atoms with Gasteiger partial charge in [0, 0.05) is 14.1 Å². The number of para-hydroxylation sites is 1. The van der Waals surface area contributed by atoms with Crippen LogP contribution >= 0.6 is 0 Å². The number of aliphatic hydroxyl groups excluding tert-OH is 1. The topological polar surface area (TPSA) is 49.8 Å². The highest BCUT2D eigenvalue weighted by molar-refractivity contribution is 5.96. The Hall–Kier alpha value is -1.55. The molecule has 1 amide bonds. The summed E-state index contributed by atoms with van der Waals surface area (Å²) in [5.74, 6) is 0.397. The number of aliphatic hydroxyl groups is 1. The van der Waals surface area contributed by atoms with Gasteiger partial charge < -0.3 is 14.7 Å². The number of ether oxygens (including phenoxy) is 1. The lowest BCUT2D eigenvalue weighted by Gasteiger charge is -2.14. The third kappa shape index (κ3) is 2.95. The van der Waals surface area contributed by atoms with Crippen molar-refractivity contribution in [1.82, 2.24) is 4.90 Å². The molecule has 0 aliphatic rings. The molecule has 0 radical (unpaired) electrons. The molecule has 1 N–H and O–H groups in total. The van der Waals surface area contributed by atoms with Crippen LogP contribution in [0.5, 0.6) is 5.75 Å². The molecule has 82 valence electrons. The van der Waals surface area contributed by atoms with Gasteiger partial charge in [0.25, 0.3) is 5.91 Å². The van der Waals surface area contributed by atoms with Crippen LogP contribution < -0.4 is 4.74 Å².